The molecule has 1 aromatic carbocycles. The third-order valence-electron chi connectivity index (χ3n) is 1.82. The van der Waals surface area contributed by atoms with Gasteiger partial charge in [0.1, 0.15) is 0 Å². The maximum Gasteiger partial charge on any atom is 0.346 e. The molecule has 6 heteroatoms. The number of benzene rings is 1. The number of methoxy groups -OCH3 is 1. The summed E-state index contributed by atoms with van der Waals surface area (Å²) < 4.78 is 4.83. The quantitative estimate of drug-likeness (QED) is 0.473. The summed E-state index contributed by atoms with van der Waals surface area (Å²) in [6.07, 6.45) is 1.10. The van der Waals surface area contributed by atoms with Crippen molar-refractivity contribution in [3.05, 3.63) is 39.6 Å². The molecule has 0 aliphatic heterocycles. The molecule has 0 saturated heterocycles. The van der Waals surface area contributed by atoms with E-state index in [4.69, 9.17) is 10.00 Å². The average molecular weight is 220 g/mol. The summed E-state index contributed by atoms with van der Waals surface area (Å²) in [5.41, 5.74) is -0.171. The highest BCUT2D eigenvalue weighted by molar-refractivity contribution is 5.58. The Morgan fingerprint density at radius 1 is 1.69 bits per heavy atom. The van der Waals surface area contributed by atoms with Crippen LogP contribution in [0.15, 0.2) is 23.9 Å². The molecule has 0 amide bonds. The van der Waals surface area contributed by atoms with Crippen LogP contribution in [0.25, 0.3) is 6.08 Å². The van der Waals surface area contributed by atoms with Crippen LogP contribution >= 0.6 is 0 Å². The van der Waals surface area contributed by atoms with Crippen LogP contribution in [0.4, 0.5) is 0 Å². The van der Waals surface area contributed by atoms with Crippen molar-refractivity contribution in [1.29, 1.82) is 5.26 Å². The van der Waals surface area contributed by atoms with E-state index >= 15 is 0 Å². The van der Waals surface area contributed by atoms with Crippen molar-refractivity contribution < 1.29 is 14.8 Å². The van der Waals surface area contributed by atoms with Gasteiger partial charge >= 0.3 is 5.70 Å². The molecule has 0 spiro atoms. The molecule has 0 aromatic heterocycles. The maximum atomic E-state index is 10.4. The zero-order valence-electron chi connectivity index (χ0n) is 8.38. The molecule has 1 N–H and O–H groups in total. The molecular formula is C10H8N2O4. The van der Waals surface area contributed by atoms with Crippen LogP contribution < -0.4 is 4.74 Å². The van der Waals surface area contributed by atoms with Crippen molar-refractivity contribution in [2.24, 2.45) is 0 Å². The monoisotopic (exact) mass is 220 g/mol. The number of nitro groups is 1. The fraction of sp³-hybridized carbons (Fsp3) is 0.100. The van der Waals surface area contributed by atoms with E-state index in [1.807, 2.05) is 0 Å². The van der Waals surface area contributed by atoms with E-state index in [1.165, 1.54) is 31.4 Å². The minimum absolute atomic E-state index is 0.0701. The molecule has 0 saturated carbocycles. The molecule has 16 heavy (non-hydrogen) atoms. The topological polar surface area (TPSA) is 96.4 Å². The van der Waals surface area contributed by atoms with Crippen molar-refractivity contribution in [1.82, 2.24) is 0 Å². The van der Waals surface area contributed by atoms with Gasteiger partial charge in [-0.05, 0) is 17.7 Å². The van der Waals surface area contributed by atoms with Gasteiger partial charge in [0.05, 0.1) is 12.0 Å². The summed E-state index contributed by atoms with van der Waals surface area (Å²) in [7, 11) is 1.36. The number of hydrogen-bond acceptors (Lipinski definition) is 5. The van der Waals surface area contributed by atoms with Gasteiger partial charge in [-0.25, -0.2) is 0 Å². The largest absolute Gasteiger partial charge is 0.504 e. The smallest absolute Gasteiger partial charge is 0.346 e. The minimum Gasteiger partial charge on any atom is -0.504 e. The van der Waals surface area contributed by atoms with E-state index in [-0.39, 0.29) is 11.5 Å². The third kappa shape index (κ3) is 2.48. The second kappa shape index (κ2) is 4.79. The summed E-state index contributed by atoms with van der Waals surface area (Å²) in [6, 6.07) is 5.64. The van der Waals surface area contributed by atoms with Gasteiger partial charge in [0.15, 0.2) is 17.6 Å². The van der Waals surface area contributed by atoms with Crippen LogP contribution in [0.2, 0.25) is 0 Å². The summed E-state index contributed by atoms with van der Waals surface area (Å²) >= 11 is 0. The predicted octanol–water partition coefficient (Wildman–Crippen LogP) is 1.54. The van der Waals surface area contributed by atoms with Crippen LogP contribution in [-0.2, 0) is 0 Å². The zero-order chi connectivity index (χ0) is 12.1. The lowest BCUT2D eigenvalue weighted by Crippen LogP contribution is -1.95. The Labute approximate surface area is 91.2 Å². The first-order valence-corrected chi connectivity index (χ1v) is 4.21. The number of allylic oxidation sites excluding steroid dienone is 1. The Morgan fingerprint density at radius 2 is 2.38 bits per heavy atom. The number of aromatic hydroxyl groups is 1. The molecule has 0 heterocycles. The highest BCUT2D eigenvalue weighted by atomic mass is 16.6. The van der Waals surface area contributed by atoms with Crippen molar-refractivity contribution in [2.45, 2.75) is 0 Å². The molecule has 1 aromatic rings. The highest BCUT2D eigenvalue weighted by Gasteiger charge is 2.09. The Bertz CT molecular complexity index is 488. The number of nitriles is 1. The first-order valence-electron chi connectivity index (χ1n) is 4.21. The van der Waals surface area contributed by atoms with E-state index in [9.17, 15) is 15.2 Å². The van der Waals surface area contributed by atoms with Crippen molar-refractivity contribution >= 4 is 6.08 Å². The van der Waals surface area contributed by atoms with Crippen LogP contribution in [0.3, 0.4) is 0 Å². The van der Waals surface area contributed by atoms with Crippen molar-refractivity contribution in [2.75, 3.05) is 7.11 Å². The molecule has 0 bridgehead atoms. The number of rotatable bonds is 3. The SMILES string of the molecule is COc1cc(/C=C(\C#N)[N+](=O)[O-])ccc1O. The molecule has 0 unspecified atom stereocenters. The first kappa shape index (κ1) is 11.5. The van der Waals surface area contributed by atoms with Crippen molar-refractivity contribution in [3.63, 3.8) is 0 Å². The normalized spacial score (nSPS) is 10.6. The number of phenols is 1. The fourth-order valence-electron chi connectivity index (χ4n) is 1.07. The van der Waals surface area contributed by atoms with Gasteiger partial charge in [0, 0.05) is 6.08 Å². The molecule has 1 rings (SSSR count). The van der Waals surface area contributed by atoms with Gasteiger partial charge in [-0.2, -0.15) is 5.26 Å². The number of ether oxygens (including phenoxy) is 1. The second-order valence-corrected chi connectivity index (χ2v) is 2.83. The first-order chi connectivity index (χ1) is 7.58. The van der Waals surface area contributed by atoms with Gasteiger partial charge in [-0.1, -0.05) is 6.07 Å². The van der Waals surface area contributed by atoms with Crippen LogP contribution in [0.5, 0.6) is 11.5 Å². The molecule has 0 fully saturated rings. The van der Waals surface area contributed by atoms with Gasteiger partial charge in [-0.15, -0.1) is 0 Å². The standard InChI is InChI=1S/C10H8N2O4/c1-16-10-5-7(2-3-9(10)13)4-8(6-11)12(14)15/h2-5,13H,1H3/b8-4+. The summed E-state index contributed by atoms with van der Waals surface area (Å²) in [5.74, 6) is 0.119. The summed E-state index contributed by atoms with van der Waals surface area (Å²) in [6.45, 7) is 0. The number of phenolic OH excluding ortho intramolecular Hbond substituents is 1. The van der Waals surface area contributed by atoms with Crippen LogP contribution in [-0.4, -0.2) is 17.1 Å². The van der Waals surface area contributed by atoms with Gasteiger partial charge in [0.25, 0.3) is 0 Å². The van der Waals surface area contributed by atoms with E-state index in [0.29, 0.717) is 5.56 Å². The number of nitrogens with zero attached hydrogens (tertiary/aromatic N) is 2. The van der Waals surface area contributed by atoms with Crippen LogP contribution in [0, 0.1) is 21.4 Å². The molecule has 0 aliphatic carbocycles. The minimum atomic E-state index is -0.778. The van der Waals surface area contributed by atoms with E-state index in [0.717, 1.165) is 6.08 Å². The summed E-state index contributed by atoms with van der Waals surface area (Å²) in [5, 5.41) is 28.2. The maximum absolute atomic E-state index is 10.4. The van der Waals surface area contributed by atoms with Gasteiger partial charge < -0.3 is 9.84 Å². The molecule has 82 valence electrons. The molecule has 0 aliphatic rings. The zero-order valence-corrected chi connectivity index (χ0v) is 8.38. The lowest BCUT2D eigenvalue weighted by atomic mass is 10.2. The van der Waals surface area contributed by atoms with Crippen LogP contribution in [0.1, 0.15) is 5.56 Å². The summed E-state index contributed by atoms with van der Waals surface area (Å²) in [4.78, 5) is 9.61. The Hall–Kier alpha value is -2.55. The molecule has 0 atom stereocenters. The predicted molar refractivity (Wildman–Crippen MR) is 55.2 cm³/mol. The lowest BCUT2D eigenvalue weighted by Gasteiger charge is -2.03. The van der Waals surface area contributed by atoms with Crippen molar-refractivity contribution in [3.8, 4) is 17.6 Å². The molecule has 6 nitrogen and oxygen atoms in total. The Balaban J connectivity index is 3.16. The average Bonchev–Trinajstić information content (AvgIpc) is 2.27. The third-order valence-corrected chi connectivity index (χ3v) is 1.82. The molecule has 0 radical (unpaired) electrons. The Morgan fingerprint density at radius 3 is 2.88 bits per heavy atom. The second-order valence-electron chi connectivity index (χ2n) is 2.83. The Kier molecular flexibility index (Phi) is 3.45. The fourth-order valence-corrected chi connectivity index (χ4v) is 1.07. The molecular weight excluding hydrogens is 212 g/mol. The van der Waals surface area contributed by atoms with E-state index in [1.54, 1.807) is 0 Å². The van der Waals surface area contributed by atoms with Gasteiger partial charge in [0.2, 0.25) is 0 Å². The van der Waals surface area contributed by atoms with Gasteiger partial charge in [-0.3, -0.25) is 10.1 Å². The number of hydrogen-bond donors (Lipinski definition) is 1. The van der Waals surface area contributed by atoms with E-state index in [2.05, 4.69) is 0 Å². The highest BCUT2D eigenvalue weighted by Crippen LogP contribution is 2.27. The van der Waals surface area contributed by atoms with E-state index < -0.39 is 10.6 Å². The lowest BCUT2D eigenvalue weighted by molar-refractivity contribution is -0.415.